The molecule has 1 saturated heterocycles. The Morgan fingerprint density at radius 3 is 2.71 bits per heavy atom. The average Bonchev–Trinajstić information content (AvgIpc) is 1.97. The Morgan fingerprint density at radius 1 is 1.43 bits per heavy atom. The van der Waals surface area contributed by atoms with Gasteiger partial charge in [0, 0.05) is 6.42 Å². The summed E-state index contributed by atoms with van der Waals surface area (Å²) in [5.41, 5.74) is -3.39. The topological polar surface area (TPSA) is 86.6 Å². The lowest BCUT2D eigenvalue weighted by molar-refractivity contribution is -0.163. The molecule has 0 radical (unpaired) electrons. The number of carbonyl (C=O) groups excluding carboxylic acids is 2. The van der Waals surface area contributed by atoms with Crippen LogP contribution in [0.3, 0.4) is 0 Å². The molecule has 14 heavy (non-hydrogen) atoms. The predicted molar refractivity (Wildman–Crippen MR) is 49.3 cm³/mol. The van der Waals surface area contributed by atoms with Gasteiger partial charge in [-0.15, -0.1) is 0 Å². The van der Waals surface area contributed by atoms with Gasteiger partial charge in [0.15, 0.2) is 0 Å². The van der Waals surface area contributed by atoms with Gasteiger partial charge in [-0.1, -0.05) is 0 Å². The van der Waals surface area contributed by atoms with Crippen LogP contribution in [0, 0.1) is 0 Å². The average molecular weight is 262 g/mol. The fourth-order valence-corrected chi connectivity index (χ4v) is 2.59. The number of halogens is 1. The van der Waals surface area contributed by atoms with Gasteiger partial charge >= 0.3 is 0 Å². The van der Waals surface area contributed by atoms with Crippen LogP contribution in [0.5, 0.6) is 0 Å². The summed E-state index contributed by atoms with van der Waals surface area (Å²) in [4.78, 5) is 22.6. The lowest BCUT2D eigenvalue weighted by Crippen LogP contribution is -2.65. The molecule has 1 heterocycles. The minimum absolute atomic E-state index is 0.0914. The second kappa shape index (κ2) is 2.65. The molecule has 2 atom stereocenters. The van der Waals surface area contributed by atoms with Crippen molar-refractivity contribution in [2.75, 3.05) is 0 Å². The molecule has 3 N–H and O–H groups in total. The molecule has 0 aromatic rings. The molecule has 0 aromatic carbocycles. The first-order valence-corrected chi connectivity index (χ1v) is 4.83. The maximum absolute atomic E-state index is 11.5. The molecule has 2 aliphatic rings. The minimum atomic E-state index is -1.96. The Hall–Kier alpha value is -0.720. The molecular formula is C8H8BrNO4. The zero-order chi connectivity index (χ0) is 10.6. The van der Waals surface area contributed by atoms with E-state index in [-0.39, 0.29) is 17.3 Å². The Labute approximate surface area is 87.9 Å². The molecule has 6 heteroatoms. The number of hydrogen-bond donors (Lipinski definition) is 3. The molecule has 2 rings (SSSR count). The number of piperidine rings is 1. The fourth-order valence-electron chi connectivity index (χ4n) is 1.84. The van der Waals surface area contributed by atoms with Gasteiger partial charge in [0.1, 0.15) is 0 Å². The van der Waals surface area contributed by atoms with Crippen LogP contribution in [0.4, 0.5) is 0 Å². The zero-order valence-electron chi connectivity index (χ0n) is 7.08. The minimum Gasteiger partial charge on any atom is -0.385 e. The fraction of sp³-hybridized carbons (Fsp3) is 0.500. The van der Waals surface area contributed by atoms with Crippen molar-refractivity contribution >= 4 is 27.6 Å². The van der Waals surface area contributed by atoms with Gasteiger partial charge < -0.3 is 15.5 Å². The van der Waals surface area contributed by atoms with E-state index in [0.29, 0.717) is 0 Å². The van der Waals surface area contributed by atoms with Crippen LogP contribution < -0.4 is 5.32 Å². The van der Waals surface area contributed by atoms with Crippen molar-refractivity contribution < 1.29 is 19.8 Å². The molecule has 0 spiro atoms. The van der Waals surface area contributed by atoms with Crippen molar-refractivity contribution in [1.29, 1.82) is 0 Å². The number of ketones is 1. The number of rotatable bonds is 0. The molecule has 0 aromatic heterocycles. The highest BCUT2D eigenvalue weighted by Crippen LogP contribution is 2.37. The number of fused-ring (bicyclic) bond motifs is 2. The second-order valence-corrected chi connectivity index (χ2v) is 4.54. The third-order valence-electron chi connectivity index (χ3n) is 2.36. The van der Waals surface area contributed by atoms with E-state index >= 15 is 0 Å². The first-order chi connectivity index (χ1) is 6.35. The Morgan fingerprint density at radius 2 is 2.07 bits per heavy atom. The summed E-state index contributed by atoms with van der Waals surface area (Å²) < 4.78 is 0.0914. The molecule has 0 saturated carbocycles. The Balaban J connectivity index is 2.52. The van der Waals surface area contributed by atoms with Gasteiger partial charge in [-0.3, -0.25) is 9.59 Å². The highest BCUT2D eigenvalue weighted by Gasteiger charge is 2.53. The molecule has 1 aliphatic carbocycles. The van der Waals surface area contributed by atoms with Crippen LogP contribution in [-0.4, -0.2) is 33.2 Å². The quantitative estimate of drug-likeness (QED) is 0.532. The predicted octanol–water partition coefficient (Wildman–Crippen LogP) is -0.822. The number of Topliss-reactive ketones (excluding diaryl/α,β-unsaturated/α-hetero) is 1. The number of hydrogen-bond acceptors (Lipinski definition) is 4. The van der Waals surface area contributed by atoms with Gasteiger partial charge in [0.2, 0.25) is 17.4 Å². The summed E-state index contributed by atoms with van der Waals surface area (Å²) in [6, 6.07) is 0. The number of aliphatic hydroxyl groups is 2. The van der Waals surface area contributed by atoms with E-state index in [1.807, 2.05) is 0 Å². The summed E-state index contributed by atoms with van der Waals surface area (Å²) in [5, 5.41) is 21.8. The summed E-state index contributed by atoms with van der Waals surface area (Å²) in [6.07, 6.45) is 0.930. The highest BCUT2D eigenvalue weighted by atomic mass is 79.9. The summed E-state index contributed by atoms with van der Waals surface area (Å²) in [7, 11) is 0. The Kier molecular flexibility index (Phi) is 1.86. The van der Waals surface area contributed by atoms with E-state index in [1.165, 1.54) is 6.08 Å². The maximum atomic E-state index is 11.5. The van der Waals surface area contributed by atoms with Crippen molar-refractivity contribution in [3.05, 3.63) is 10.6 Å². The van der Waals surface area contributed by atoms with Crippen molar-refractivity contribution in [3.63, 3.8) is 0 Å². The van der Waals surface area contributed by atoms with E-state index in [1.54, 1.807) is 0 Å². The zero-order valence-corrected chi connectivity index (χ0v) is 8.67. The van der Waals surface area contributed by atoms with Gasteiger partial charge in [0.25, 0.3) is 0 Å². The van der Waals surface area contributed by atoms with Gasteiger partial charge in [-0.25, -0.2) is 0 Å². The largest absolute Gasteiger partial charge is 0.385 e. The molecule has 0 unspecified atom stereocenters. The Bertz CT molecular complexity index is 366. The van der Waals surface area contributed by atoms with Crippen molar-refractivity contribution in [2.24, 2.45) is 0 Å². The lowest BCUT2D eigenvalue weighted by atomic mass is 9.78. The third-order valence-corrected chi connectivity index (χ3v) is 2.95. The standard InChI is InChI=1S/C8H8BrNO4/c9-4-1-7(13)2-5(11)10-8(14,3-7)6(4)12/h1,13-14H,2-3H2,(H,10,11)/t7-,8+/m1/s1. The highest BCUT2D eigenvalue weighted by molar-refractivity contribution is 9.12. The SMILES string of the molecule is O=C1C[C@]2(O)C=C(Br)C(=O)[C@@](O)(C2)N1. The van der Waals surface area contributed by atoms with E-state index in [9.17, 15) is 19.8 Å². The summed E-state index contributed by atoms with van der Waals surface area (Å²) in [5.74, 6) is -1.17. The van der Waals surface area contributed by atoms with E-state index in [4.69, 9.17) is 0 Å². The van der Waals surface area contributed by atoms with Crippen LogP contribution in [0.1, 0.15) is 12.8 Å². The van der Waals surface area contributed by atoms with Crippen molar-refractivity contribution in [2.45, 2.75) is 24.2 Å². The van der Waals surface area contributed by atoms with Crippen LogP contribution in [0.25, 0.3) is 0 Å². The third kappa shape index (κ3) is 1.30. The molecule has 2 bridgehead atoms. The monoisotopic (exact) mass is 261 g/mol. The first kappa shape index (κ1) is 9.82. The summed E-state index contributed by atoms with van der Waals surface area (Å²) >= 11 is 2.94. The van der Waals surface area contributed by atoms with Gasteiger partial charge in [-0.05, 0) is 22.0 Å². The van der Waals surface area contributed by atoms with Crippen molar-refractivity contribution in [1.82, 2.24) is 5.32 Å². The molecule has 1 fully saturated rings. The smallest absolute Gasteiger partial charge is 0.225 e. The maximum Gasteiger partial charge on any atom is 0.225 e. The molecular weight excluding hydrogens is 254 g/mol. The molecule has 76 valence electrons. The number of nitrogens with one attached hydrogen (secondary N) is 1. The van der Waals surface area contributed by atoms with E-state index in [2.05, 4.69) is 21.2 Å². The lowest BCUT2D eigenvalue weighted by Gasteiger charge is -2.42. The van der Waals surface area contributed by atoms with Gasteiger partial charge in [-0.2, -0.15) is 0 Å². The van der Waals surface area contributed by atoms with Crippen LogP contribution in [0.2, 0.25) is 0 Å². The van der Waals surface area contributed by atoms with Crippen LogP contribution >= 0.6 is 15.9 Å². The van der Waals surface area contributed by atoms with E-state index in [0.717, 1.165) is 0 Å². The van der Waals surface area contributed by atoms with Gasteiger partial charge in [0.05, 0.1) is 16.5 Å². The number of carbonyl (C=O) groups is 2. The molecule has 1 amide bonds. The summed E-state index contributed by atoms with van der Waals surface area (Å²) in [6.45, 7) is 0. The van der Waals surface area contributed by atoms with Crippen LogP contribution in [0.15, 0.2) is 10.6 Å². The first-order valence-electron chi connectivity index (χ1n) is 4.04. The normalized spacial score (nSPS) is 41.8. The molecule has 5 nitrogen and oxygen atoms in total. The number of amides is 1. The van der Waals surface area contributed by atoms with E-state index < -0.39 is 23.0 Å². The van der Waals surface area contributed by atoms with Crippen LogP contribution in [-0.2, 0) is 9.59 Å². The molecule has 1 aliphatic heterocycles. The second-order valence-electron chi connectivity index (χ2n) is 3.69. The van der Waals surface area contributed by atoms with Crippen molar-refractivity contribution in [3.8, 4) is 0 Å².